The summed E-state index contributed by atoms with van der Waals surface area (Å²) in [6, 6.07) is 0. The van der Waals surface area contributed by atoms with Crippen LogP contribution in [0.2, 0.25) is 0 Å². The Hall–Kier alpha value is -0.860. The van der Waals surface area contributed by atoms with Crippen molar-refractivity contribution in [1.82, 2.24) is 0 Å². The molecule has 0 saturated carbocycles. The van der Waals surface area contributed by atoms with Gasteiger partial charge in [0.2, 0.25) is 0 Å². The van der Waals surface area contributed by atoms with E-state index in [1.807, 2.05) is 0 Å². The molecule has 0 unspecified atom stereocenters. The van der Waals surface area contributed by atoms with Crippen molar-refractivity contribution in [3.8, 4) is 0 Å². The van der Waals surface area contributed by atoms with Crippen LogP contribution in [0.5, 0.6) is 0 Å². The normalized spacial score (nSPS) is 11.0. The van der Waals surface area contributed by atoms with E-state index in [0.717, 1.165) is 38.5 Å². The summed E-state index contributed by atoms with van der Waals surface area (Å²) in [5.41, 5.74) is 0. The molecule has 0 spiro atoms. The van der Waals surface area contributed by atoms with Crippen LogP contribution in [0.4, 0.5) is 0 Å². The molecule has 3 heteroatoms. The summed E-state index contributed by atoms with van der Waals surface area (Å²) in [4.78, 5) is 22.1. The van der Waals surface area contributed by atoms with Gasteiger partial charge in [-0.2, -0.15) is 0 Å². The molecule has 0 rings (SSSR count). The molecular formula is C24H46O3. The molecule has 3 nitrogen and oxygen atoms in total. The first-order valence-corrected chi connectivity index (χ1v) is 11.9. The molecule has 0 aromatic rings. The number of hydrogen-bond acceptors (Lipinski definition) is 2. The fraction of sp³-hybridized carbons (Fsp3) is 0.917. The molecule has 0 radical (unpaired) electrons. The molecule has 0 fully saturated rings. The first-order chi connectivity index (χ1) is 13.2. The van der Waals surface area contributed by atoms with Crippen molar-refractivity contribution in [2.24, 2.45) is 0 Å². The van der Waals surface area contributed by atoms with Gasteiger partial charge < -0.3 is 5.11 Å². The molecule has 0 aliphatic heterocycles. The third kappa shape index (κ3) is 23.1. The predicted molar refractivity (Wildman–Crippen MR) is 115 cm³/mol. The van der Waals surface area contributed by atoms with Crippen LogP contribution in [-0.2, 0) is 9.59 Å². The second-order valence-corrected chi connectivity index (χ2v) is 8.19. The minimum Gasteiger partial charge on any atom is -0.481 e. The van der Waals surface area contributed by atoms with E-state index in [9.17, 15) is 9.59 Å². The Balaban J connectivity index is 3.10. The van der Waals surface area contributed by atoms with Gasteiger partial charge in [0.25, 0.3) is 0 Å². The van der Waals surface area contributed by atoms with Crippen molar-refractivity contribution < 1.29 is 14.7 Å². The molecule has 1 N–H and O–H groups in total. The molecule has 27 heavy (non-hydrogen) atoms. The van der Waals surface area contributed by atoms with Crippen molar-refractivity contribution in [1.29, 1.82) is 0 Å². The highest BCUT2D eigenvalue weighted by Gasteiger charge is 2.01. The van der Waals surface area contributed by atoms with Gasteiger partial charge in [-0.3, -0.25) is 9.59 Å². The maximum atomic E-state index is 11.7. The van der Waals surface area contributed by atoms with E-state index >= 15 is 0 Å². The van der Waals surface area contributed by atoms with Crippen molar-refractivity contribution in [2.75, 3.05) is 0 Å². The minimum absolute atomic E-state index is 0.329. The Kier molecular flexibility index (Phi) is 20.8. The second-order valence-electron chi connectivity index (χ2n) is 8.19. The summed E-state index contributed by atoms with van der Waals surface area (Å²) in [5, 5.41) is 8.57. The SMILES string of the molecule is CCCCCCC(=O)CCCCCCCCCCCCCCCCC(=O)O. The smallest absolute Gasteiger partial charge is 0.303 e. The first kappa shape index (κ1) is 26.1. The van der Waals surface area contributed by atoms with Gasteiger partial charge in [0, 0.05) is 19.3 Å². The number of carbonyl (C=O) groups is 2. The molecule has 0 heterocycles. The van der Waals surface area contributed by atoms with Gasteiger partial charge in [-0.15, -0.1) is 0 Å². The van der Waals surface area contributed by atoms with Crippen molar-refractivity contribution >= 4 is 11.8 Å². The molecule has 0 aromatic heterocycles. The number of rotatable bonds is 22. The van der Waals surface area contributed by atoms with Crippen molar-refractivity contribution in [3.63, 3.8) is 0 Å². The molecule has 0 amide bonds. The van der Waals surface area contributed by atoms with Crippen LogP contribution in [0.3, 0.4) is 0 Å². The molecule has 0 saturated heterocycles. The number of carboxylic acid groups (broad SMARTS) is 1. The van der Waals surface area contributed by atoms with Gasteiger partial charge in [-0.25, -0.2) is 0 Å². The van der Waals surface area contributed by atoms with Gasteiger partial charge in [0.15, 0.2) is 0 Å². The number of ketones is 1. The van der Waals surface area contributed by atoms with Gasteiger partial charge in [0.05, 0.1) is 0 Å². The predicted octanol–water partition coefficient (Wildman–Crippen LogP) is 7.85. The number of aliphatic carboxylic acids is 1. The van der Waals surface area contributed by atoms with Crippen LogP contribution in [-0.4, -0.2) is 16.9 Å². The fourth-order valence-corrected chi connectivity index (χ4v) is 3.59. The number of Topliss-reactive ketones (excluding diaryl/α,β-unsaturated/α-hetero) is 1. The maximum Gasteiger partial charge on any atom is 0.303 e. The van der Waals surface area contributed by atoms with E-state index in [4.69, 9.17) is 5.11 Å². The highest BCUT2D eigenvalue weighted by molar-refractivity contribution is 5.78. The largest absolute Gasteiger partial charge is 0.481 e. The Morgan fingerprint density at radius 1 is 0.481 bits per heavy atom. The van der Waals surface area contributed by atoms with E-state index in [1.54, 1.807) is 0 Å². The highest BCUT2D eigenvalue weighted by atomic mass is 16.4. The quantitative estimate of drug-likeness (QED) is 0.194. The first-order valence-electron chi connectivity index (χ1n) is 11.9. The van der Waals surface area contributed by atoms with E-state index in [2.05, 4.69) is 6.92 Å². The summed E-state index contributed by atoms with van der Waals surface area (Å²) < 4.78 is 0. The lowest BCUT2D eigenvalue weighted by Gasteiger charge is -2.04. The zero-order valence-corrected chi connectivity index (χ0v) is 18.1. The molecule has 0 atom stereocenters. The average Bonchev–Trinajstić information content (AvgIpc) is 2.64. The van der Waals surface area contributed by atoms with Gasteiger partial charge in [-0.05, 0) is 19.3 Å². The molecule has 0 aliphatic carbocycles. The molecule has 0 aromatic carbocycles. The number of carboxylic acids is 1. The Bertz CT molecular complexity index is 339. The minimum atomic E-state index is -0.665. The summed E-state index contributed by atoms with van der Waals surface area (Å²) >= 11 is 0. The summed E-state index contributed by atoms with van der Waals surface area (Å²) in [5.74, 6) is -0.186. The van der Waals surface area contributed by atoms with Gasteiger partial charge in [-0.1, -0.05) is 103 Å². The third-order valence-electron chi connectivity index (χ3n) is 5.41. The van der Waals surface area contributed by atoms with Crippen LogP contribution in [0, 0.1) is 0 Å². The van der Waals surface area contributed by atoms with Gasteiger partial charge >= 0.3 is 5.97 Å². The second kappa shape index (κ2) is 21.4. The fourth-order valence-electron chi connectivity index (χ4n) is 3.59. The number of carbonyl (C=O) groups excluding carboxylic acids is 1. The zero-order chi connectivity index (χ0) is 20.0. The van der Waals surface area contributed by atoms with Crippen LogP contribution < -0.4 is 0 Å². The summed E-state index contributed by atoms with van der Waals surface area (Å²) in [6.07, 6.45) is 24.1. The molecule has 160 valence electrons. The topological polar surface area (TPSA) is 54.4 Å². The lowest BCUT2D eigenvalue weighted by atomic mass is 10.0. The van der Waals surface area contributed by atoms with Crippen molar-refractivity contribution in [3.05, 3.63) is 0 Å². The summed E-state index contributed by atoms with van der Waals surface area (Å²) in [7, 11) is 0. The molecule has 0 bridgehead atoms. The van der Waals surface area contributed by atoms with Crippen LogP contribution in [0.25, 0.3) is 0 Å². The van der Waals surface area contributed by atoms with E-state index in [1.165, 1.54) is 89.9 Å². The zero-order valence-electron chi connectivity index (χ0n) is 18.1. The number of unbranched alkanes of at least 4 members (excludes halogenated alkanes) is 16. The lowest BCUT2D eigenvalue weighted by Crippen LogP contribution is -1.97. The number of hydrogen-bond donors (Lipinski definition) is 1. The average molecular weight is 383 g/mol. The summed E-state index contributed by atoms with van der Waals surface area (Å²) in [6.45, 7) is 2.21. The van der Waals surface area contributed by atoms with E-state index in [-0.39, 0.29) is 0 Å². The highest BCUT2D eigenvalue weighted by Crippen LogP contribution is 2.14. The Morgan fingerprint density at radius 2 is 0.778 bits per heavy atom. The third-order valence-corrected chi connectivity index (χ3v) is 5.41. The van der Waals surface area contributed by atoms with E-state index in [0.29, 0.717) is 12.2 Å². The maximum absolute atomic E-state index is 11.7. The lowest BCUT2D eigenvalue weighted by molar-refractivity contribution is -0.137. The van der Waals surface area contributed by atoms with Gasteiger partial charge in [0.1, 0.15) is 5.78 Å². The van der Waals surface area contributed by atoms with Crippen LogP contribution >= 0.6 is 0 Å². The van der Waals surface area contributed by atoms with Crippen LogP contribution in [0.1, 0.15) is 142 Å². The van der Waals surface area contributed by atoms with Crippen molar-refractivity contribution in [2.45, 2.75) is 142 Å². The monoisotopic (exact) mass is 382 g/mol. The molecule has 0 aliphatic rings. The standard InChI is InChI=1S/C24H46O3/c1-2-3-4-17-20-23(25)21-18-15-13-11-9-7-5-6-8-10-12-14-16-19-22-24(26)27/h2-22H2,1H3,(H,26,27). The molecular weight excluding hydrogens is 336 g/mol. The van der Waals surface area contributed by atoms with Crippen LogP contribution in [0.15, 0.2) is 0 Å². The van der Waals surface area contributed by atoms with E-state index < -0.39 is 5.97 Å². The Morgan fingerprint density at radius 3 is 1.11 bits per heavy atom. The Labute approximate surface area is 168 Å².